The normalized spacial score (nSPS) is 15.9. The monoisotopic (exact) mass is 433 g/mol. The van der Waals surface area contributed by atoms with Gasteiger partial charge in [0.1, 0.15) is 0 Å². The number of carbonyl (C=O) groups is 2. The maximum atomic E-state index is 13.1. The molecule has 1 aliphatic heterocycles. The van der Waals surface area contributed by atoms with Crippen LogP contribution in [0.2, 0.25) is 0 Å². The molecule has 0 spiro atoms. The first-order valence-corrected chi connectivity index (χ1v) is 10.8. The molecule has 1 aromatic carbocycles. The summed E-state index contributed by atoms with van der Waals surface area (Å²) in [4.78, 5) is 33.4. The number of nitrogens with zero attached hydrogens (tertiary/aromatic N) is 4. The molecule has 0 radical (unpaired) electrons. The topological polar surface area (TPSA) is 91.4 Å². The Bertz CT molecular complexity index is 1040. The van der Waals surface area contributed by atoms with Gasteiger partial charge in [-0.1, -0.05) is 36.4 Å². The summed E-state index contributed by atoms with van der Waals surface area (Å²) < 4.78 is 5.51. The van der Waals surface area contributed by atoms with E-state index in [1.54, 1.807) is 41.4 Å². The predicted molar refractivity (Wildman–Crippen MR) is 119 cm³/mol. The zero-order chi connectivity index (χ0) is 22.3. The van der Waals surface area contributed by atoms with Gasteiger partial charge in [0.15, 0.2) is 6.61 Å². The number of benzene rings is 1. The Hall–Kier alpha value is -3.68. The molecule has 2 amide bonds. The van der Waals surface area contributed by atoms with Gasteiger partial charge in [-0.2, -0.15) is 5.10 Å². The molecule has 32 heavy (non-hydrogen) atoms. The Labute approximate surface area is 187 Å². The third kappa shape index (κ3) is 5.14. The number of piperidine rings is 1. The summed E-state index contributed by atoms with van der Waals surface area (Å²) in [5, 5.41) is 7.16. The molecule has 166 valence electrons. The number of nitrogens with one attached hydrogen (secondary N) is 1. The zero-order valence-corrected chi connectivity index (χ0v) is 18.1. The minimum atomic E-state index is -0.0889. The molecule has 0 saturated carbocycles. The lowest BCUT2D eigenvalue weighted by Gasteiger charge is -2.32. The summed E-state index contributed by atoms with van der Waals surface area (Å²) >= 11 is 0. The standard InChI is InChI=1S/C24H27N5O3/c1-28(15-18-8-3-2-4-9-18)24(31)20-14-26-27-23(20)19-10-7-13-29(16-19)22(30)17-32-21-11-5-6-12-25-21/h2-6,8-9,11-12,14,19H,7,10,13,15-17H2,1H3,(H,26,27)/t19-/m0/s1. The molecule has 8 heteroatoms. The van der Waals surface area contributed by atoms with E-state index in [-0.39, 0.29) is 24.3 Å². The fraction of sp³-hybridized carbons (Fsp3) is 0.333. The molecule has 1 N–H and O–H groups in total. The maximum Gasteiger partial charge on any atom is 0.260 e. The smallest absolute Gasteiger partial charge is 0.260 e. The number of aromatic nitrogens is 3. The van der Waals surface area contributed by atoms with Crippen molar-refractivity contribution in [2.75, 3.05) is 26.7 Å². The highest BCUT2D eigenvalue weighted by Crippen LogP contribution is 2.28. The maximum absolute atomic E-state index is 13.1. The van der Waals surface area contributed by atoms with E-state index < -0.39 is 0 Å². The van der Waals surface area contributed by atoms with Crippen molar-refractivity contribution in [3.8, 4) is 5.88 Å². The van der Waals surface area contributed by atoms with Gasteiger partial charge >= 0.3 is 0 Å². The van der Waals surface area contributed by atoms with Crippen molar-refractivity contribution in [2.45, 2.75) is 25.3 Å². The first-order chi connectivity index (χ1) is 15.6. The van der Waals surface area contributed by atoms with Crippen LogP contribution in [0, 0.1) is 0 Å². The molecule has 1 aliphatic rings. The quantitative estimate of drug-likeness (QED) is 0.619. The molecule has 1 fully saturated rings. The molecule has 3 aromatic rings. The van der Waals surface area contributed by atoms with Gasteiger partial charge in [0.2, 0.25) is 5.88 Å². The van der Waals surface area contributed by atoms with Crippen LogP contribution in [-0.2, 0) is 11.3 Å². The second-order valence-corrected chi connectivity index (χ2v) is 7.98. The molecular formula is C24H27N5O3. The summed E-state index contributed by atoms with van der Waals surface area (Å²) in [7, 11) is 1.79. The summed E-state index contributed by atoms with van der Waals surface area (Å²) in [5.41, 5.74) is 2.42. The number of pyridine rings is 1. The van der Waals surface area contributed by atoms with Gasteiger partial charge in [0.25, 0.3) is 11.8 Å². The van der Waals surface area contributed by atoms with Crippen LogP contribution in [-0.4, -0.2) is 63.5 Å². The lowest BCUT2D eigenvalue weighted by atomic mass is 9.92. The lowest BCUT2D eigenvalue weighted by molar-refractivity contribution is -0.134. The molecule has 8 nitrogen and oxygen atoms in total. The number of likely N-dealkylation sites (tertiary alicyclic amines) is 1. The molecule has 4 rings (SSSR count). The fourth-order valence-electron chi connectivity index (χ4n) is 4.01. The number of carbonyl (C=O) groups excluding carboxylic acids is 2. The van der Waals surface area contributed by atoms with Crippen LogP contribution in [0.1, 0.15) is 40.4 Å². The summed E-state index contributed by atoms with van der Waals surface area (Å²) in [5.74, 6) is 0.278. The Morgan fingerprint density at radius 3 is 2.78 bits per heavy atom. The SMILES string of the molecule is CN(Cc1ccccc1)C(=O)c1cn[nH]c1[C@H]1CCCN(C(=O)COc2ccccn2)C1. The first kappa shape index (κ1) is 21.5. The van der Waals surface area contributed by atoms with Gasteiger partial charge in [-0.05, 0) is 24.5 Å². The molecule has 0 aliphatic carbocycles. The van der Waals surface area contributed by atoms with Crippen molar-refractivity contribution in [2.24, 2.45) is 0 Å². The highest BCUT2D eigenvalue weighted by molar-refractivity contribution is 5.95. The van der Waals surface area contributed by atoms with Gasteiger partial charge in [0.05, 0.1) is 17.5 Å². The Balaban J connectivity index is 1.39. The van der Waals surface area contributed by atoms with Gasteiger partial charge in [-0.25, -0.2) is 4.98 Å². The van der Waals surface area contributed by atoms with E-state index in [4.69, 9.17) is 4.74 Å². The molecular weight excluding hydrogens is 406 g/mol. The number of amides is 2. The van der Waals surface area contributed by atoms with E-state index in [2.05, 4.69) is 15.2 Å². The van der Waals surface area contributed by atoms with E-state index in [0.717, 1.165) is 24.1 Å². The number of rotatable bonds is 7. The van der Waals surface area contributed by atoms with Crippen LogP contribution in [0.4, 0.5) is 0 Å². The van der Waals surface area contributed by atoms with E-state index >= 15 is 0 Å². The summed E-state index contributed by atoms with van der Waals surface area (Å²) in [6.07, 6.45) is 4.95. The highest BCUT2D eigenvalue weighted by Gasteiger charge is 2.30. The van der Waals surface area contributed by atoms with E-state index in [9.17, 15) is 9.59 Å². The van der Waals surface area contributed by atoms with Crippen LogP contribution in [0.25, 0.3) is 0 Å². The number of ether oxygens (including phenoxy) is 1. The number of H-pyrrole nitrogens is 1. The number of aromatic amines is 1. The fourth-order valence-corrected chi connectivity index (χ4v) is 4.01. The van der Waals surface area contributed by atoms with Crippen LogP contribution in [0.5, 0.6) is 5.88 Å². The largest absolute Gasteiger partial charge is 0.468 e. The van der Waals surface area contributed by atoms with Crippen molar-refractivity contribution in [1.82, 2.24) is 25.0 Å². The first-order valence-electron chi connectivity index (χ1n) is 10.8. The minimum Gasteiger partial charge on any atom is -0.468 e. The van der Waals surface area contributed by atoms with Crippen molar-refractivity contribution in [1.29, 1.82) is 0 Å². The Kier molecular flexibility index (Phi) is 6.79. The molecule has 1 saturated heterocycles. The average Bonchev–Trinajstić information content (AvgIpc) is 3.33. The summed E-state index contributed by atoms with van der Waals surface area (Å²) in [6, 6.07) is 15.2. The van der Waals surface area contributed by atoms with Gasteiger partial charge < -0.3 is 14.5 Å². The number of hydrogen-bond acceptors (Lipinski definition) is 5. The van der Waals surface area contributed by atoms with Crippen molar-refractivity contribution in [3.63, 3.8) is 0 Å². The molecule has 2 aromatic heterocycles. The van der Waals surface area contributed by atoms with Gasteiger partial charge in [-0.15, -0.1) is 0 Å². The molecule has 0 unspecified atom stereocenters. The van der Waals surface area contributed by atoms with Crippen molar-refractivity contribution >= 4 is 11.8 Å². The van der Waals surface area contributed by atoms with Crippen LogP contribution in [0.3, 0.4) is 0 Å². The van der Waals surface area contributed by atoms with Gasteiger partial charge in [-0.3, -0.25) is 14.7 Å². The zero-order valence-electron chi connectivity index (χ0n) is 18.1. The third-order valence-corrected chi connectivity index (χ3v) is 5.67. The second-order valence-electron chi connectivity index (χ2n) is 7.98. The lowest BCUT2D eigenvalue weighted by Crippen LogP contribution is -2.42. The number of hydrogen-bond donors (Lipinski definition) is 1. The minimum absolute atomic E-state index is 0.0223. The molecule has 1 atom stereocenters. The Morgan fingerprint density at radius 1 is 1.19 bits per heavy atom. The Morgan fingerprint density at radius 2 is 2.00 bits per heavy atom. The van der Waals surface area contributed by atoms with Crippen LogP contribution < -0.4 is 4.74 Å². The summed E-state index contributed by atoms with van der Waals surface area (Å²) in [6.45, 7) is 1.66. The average molecular weight is 434 g/mol. The highest BCUT2D eigenvalue weighted by atomic mass is 16.5. The van der Waals surface area contributed by atoms with E-state index in [1.807, 2.05) is 36.4 Å². The molecule has 3 heterocycles. The van der Waals surface area contributed by atoms with Crippen LogP contribution >= 0.6 is 0 Å². The molecule has 0 bridgehead atoms. The van der Waals surface area contributed by atoms with Gasteiger partial charge in [0, 0.05) is 44.9 Å². The second kappa shape index (κ2) is 10.1. The van der Waals surface area contributed by atoms with E-state index in [0.29, 0.717) is 31.1 Å². The van der Waals surface area contributed by atoms with E-state index in [1.165, 1.54) is 0 Å². The van der Waals surface area contributed by atoms with Crippen molar-refractivity contribution < 1.29 is 14.3 Å². The predicted octanol–water partition coefficient (Wildman–Crippen LogP) is 2.86. The third-order valence-electron chi connectivity index (χ3n) is 5.67. The van der Waals surface area contributed by atoms with Crippen LogP contribution in [0.15, 0.2) is 60.9 Å². The van der Waals surface area contributed by atoms with Crippen molar-refractivity contribution in [3.05, 3.63) is 77.7 Å².